The Hall–Kier alpha value is -2.08. The zero-order chi connectivity index (χ0) is 18.9. The number of hydrogen-bond acceptors (Lipinski definition) is 3. The first-order valence-corrected chi connectivity index (χ1v) is 10.2. The molecule has 0 spiro atoms. The molecule has 27 heavy (non-hydrogen) atoms. The van der Waals surface area contributed by atoms with E-state index in [0.29, 0.717) is 19.6 Å². The van der Waals surface area contributed by atoms with Crippen molar-refractivity contribution >= 4 is 11.9 Å². The summed E-state index contributed by atoms with van der Waals surface area (Å²) in [5.41, 5.74) is 1.15. The highest BCUT2D eigenvalue weighted by atomic mass is 16.5. The minimum absolute atomic E-state index is 0.0858. The average Bonchev–Trinajstić information content (AvgIpc) is 3.23. The van der Waals surface area contributed by atoms with Crippen molar-refractivity contribution in [3.8, 4) is 0 Å². The van der Waals surface area contributed by atoms with Gasteiger partial charge in [-0.1, -0.05) is 30.3 Å². The molecule has 148 valence electrons. The van der Waals surface area contributed by atoms with Crippen LogP contribution in [0.15, 0.2) is 30.3 Å². The summed E-state index contributed by atoms with van der Waals surface area (Å²) < 4.78 is 5.62. The van der Waals surface area contributed by atoms with Gasteiger partial charge in [-0.05, 0) is 37.7 Å². The third-order valence-corrected chi connectivity index (χ3v) is 5.31. The van der Waals surface area contributed by atoms with Gasteiger partial charge in [0.2, 0.25) is 5.91 Å². The van der Waals surface area contributed by atoms with Crippen LogP contribution in [-0.4, -0.2) is 60.6 Å². The summed E-state index contributed by atoms with van der Waals surface area (Å²) in [5, 5.41) is 3.11. The van der Waals surface area contributed by atoms with Crippen LogP contribution in [0.1, 0.15) is 44.1 Å². The lowest BCUT2D eigenvalue weighted by molar-refractivity contribution is -0.122. The molecule has 3 rings (SSSR count). The Morgan fingerprint density at radius 3 is 2.37 bits per heavy atom. The van der Waals surface area contributed by atoms with Gasteiger partial charge < -0.3 is 19.9 Å². The minimum Gasteiger partial charge on any atom is -0.377 e. The molecular weight excluding hydrogens is 342 g/mol. The number of urea groups is 1. The number of ether oxygens (including phenoxy) is 1. The third-order valence-electron chi connectivity index (χ3n) is 5.31. The molecule has 1 aromatic rings. The van der Waals surface area contributed by atoms with Crippen LogP contribution in [0.4, 0.5) is 4.79 Å². The second-order valence-corrected chi connectivity index (χ2v) is 7.45. The normalized spacial score (nSPS) is 17.9. The molecule has 0 radical (unpaired) electrons. The Labute approximate surface area is 161 Å². The van der Waals surface area contributed by atoms with E-state index in [2.05, 4.69) is 5.32 Å². The second kappa shape index (κ2) is 10.3. The highest BCUT2D eigenvalue weighted by molar-refractivity contribution is 5.76. The molecule has 2 heterocycles. The number of nitrogens with zero attached hydrogens (tertiary/aromatic N) is 2. The number of carbonyl (C=O) groups is 2. The predicted octanol–water partition coefficient (Wildman–Crippen LogP) is 2.78. The van der Waals surface area contributed by atoms with E-state index in [1.807, 2.05) is 40.1 Å². The Morgan fingerprint density at radius 2 is 1.67 bits per heavy atom. The molecule has 6 heteroatoms. The van der Waals surface area contributed by atoms with Gasteiger partial charge in [-0.3, -0.25) is 4.79 Å². The standard InChI is InChI=1S/C21H31N3O3/c25-20(9-6-16-27-17-18-7-2-1-3-8-18)22-19-10-14-24(15-11-19)21(26)23-12-4-5-13-23/h1-3,7-8,19H,4-6,9-17H2,(H,22,25). The Kier molecular flexibility index (Phi) is 7.51. The van der Waals surface area contributed by atoms with E-state index < -0.39 is 0 Å². The zero-order valence-corrected chi connectivity index (χ0v) is 16.1. The van der Waals surface area contributed by atoms with Crippen molar-refractivity contribution in [1.82, 2.24) is 15.1 Å². The highest BCUT2D eigenvalue weighted by Gasteiger charge is 2.28. The van der Waals surface area contributed by atoms with Gasteiger partial charge in [0.25, 0.3) is 0 Å². The molecule has 3 amide bonds. The summed E-state index contributed by atoms with van der Waals surface area (Å²) >= 11 is 0. The first-order chi connectivity index (χ1) is 13.2. The molecular formula is C21H31N3O3. The number of rotatable bonds is 7. The average molecular weight is 373 g/mol. The molecule has 2 aliphatic rings. The van der Waals surface area contributed by atoms with E-state index in [1.54, 1.807) is 0 Å². The Bertz CT molecular complexity index is 594. The van der Waals surface area contributed by atoms with Gasteiger partial charge in [0.1, 0.15) is 0 Å². The fourth-order valence-corrected chi connectivity index (χ4v) is 3.72. The minimum atomic E-state index is 0.0858. The number of benzene rings is 1. The first-order valence-electron chi connectivity index (χ1n) is 10.2. The fraction of sp³-hybridized carbons (Fsp3) is 0.619. The number of amides is 3. The Morgan fingerprint density at radius 1 is 1.00 bits per heavy atom. The molecule has 1 aromatic carbocycles. The van der Waals surface area contributed by atoms with Crippen molar-refractivity contribution in [2.75, 3.05) is 32.8 Å². The predicted molar refractivity (Wildman–Crippen MR) is 104 cm³/mol. The van der Waals surface area contributed by atoms with E-state index in [-0.39, 0.29) is 18.0 Å². The molecule has 2 saturated heterocycles. The molecule has 0 saturated carbocycles. The van der Waals surface area contributed by atoms with Crippen molar-refractivity contribution in [2.45, 2.75) is 51.2 Å². The van der Waals surface area contributed by atoms with Gasteiger partial charge >= 0.3 is 6.03 Å². The van der Waals surface area contributed by atoms with E-state index in [1.165, 1.54) is 0 Å². The highest BCUT2D eigenvalue weighted by Crippen LogP contribution is 2.16. The van der Waals surface area contributed by atoms with Crippen molar-refractivity contribution in [3.05, 3.63) is 35.9 Å². The van der Waals surface area contributed by atoms with Crippen LogP contribution in [0.5, 0.6) is 0 Å². The fourth-order valence-electron chi connectivity index (χ4n) is 3.72. The van der Waals surface area contributed by atoms with Crippen LogP contribution in [0.3, 0.4) is 0 Å². The molecule has 0 bridgehead atoms. The molecule has 6 nitrogen and oxygen atoms in total. The molecule has 0 aliphatic carbocycles. The largest absolute Gasteiger partial charge is 0.377 e. The molecule has 2 fully saturated rings. The number of hydrogen-bond donors (Lipinski definition) is 1. The van der Waals surface area contributed by atoms with Gasteiger partial charge in [-0.15, -0.1) is 0 Å². The van der Waals surface area contributed by atoms with E-state index >= 15 is 0 Å². The third kappa shape index (κ3) is 6.24. The van der Waals surface area contributed by atoms with Gasteiger partial charge in [0.05, 0.1) is 6.61 Å². The second-order valence-electron chi connectivity index (χ2n) is 7.45. The maximum Gasteiger partial charge on any atom is 0.319 e. The van der Waals surface area contributed by atoms with Crippen LogP contribution in [0, 0.1) is 0 Å². The summed E-state index contributed by atoms with van der Waals surface area (Å²) in [7, 11) is 0. The maximum atomic E-state index is 12.4. The number of carbonyl (C=O) groups excluding carboxylic acids is 2. The number of likely N-dealkylation sites (tertiary alicyclic amines) is 2. The van der Waals surface area contributed by atoms with Crippen molar-refractivity contribution in [1.29, 1.82) is 0 Å². The lowest BCUT2D eigenvalue weighted by Crippen LogP contribution is -2.50. The van der Waals surface area contributed by atoms with Crippen LogP contribution < -0.4 is 5.32 Å². The molecule has 0 atom stereocenters. The molecule has 1 N–H and O–H groups in total. The summed E-state index contributed by atoms with van der Waals surface area (Å²) in [4.78, 5) is 28.4. The summed E-state index contributed by atoms with van der Waals surface area (Å²) in [6.45, 7) is 4.43. The smallest absolute Gasteiger partial charge is 0.319 e. The SMILES string of the molecule is O=C(CCCOCc1ccccc1)NC1CCN(C(=O)N2CCCC2)CC1. The van der Waals surface area contributed by atoms with Crippen molar-refractivity contribution in [3.63, 3.8) is 0 Å². The van der Waals surface area contributed by atoms with Gasteiger partial charge in [0.15, 0.2) is 0 Å². The molecule has 0 unspecified atom stereocenters. The zero-order valence-electron chi connectivity index (χ0n) is 16.1. The topological polar surface area (TPSA) is 61.9 Å². The molecule has 2 aliphatic heterocycles. The Balaban J connectivity index is 1.25. The van der Waals surface area contributed by atoms with Crippen molar-refractivity contribution in [2.24, 2.45) is 0 Å². The van der Waals surface area contributed by atoms with Gasteiger partial charge in [0, 0.05) is 45.2 Å². The van der Waals surface area contributed by atoms with Crippen LogP contribution in [-0.2, 0) is 16.1 Å². The first kappa shape index (κ1) is 19.7. The van der Waals surface area contributed by atoms with E-state index in [4.69, 9.17) is 4.74 Å². The van der Waals surface area contributed by atoms with Crippen LogP contribution >= 0.6 is 0 Å². The summed E-state index contributed by atoms with van der Waals surface area (Å²) in [6.07, 6.45) is 5.14. The number of nitrogens with one attached hydrogen (secondary N) is 1. The summed E-state index contributed by atoms with van der Waals surface area (Å²) in [5.74, 6) is 0.0858. The van der Waals surface area contributed by atoms with Crippen LogP contribution in [0.25, 0.3) is 0 Å². The van der Waals surface area contributed by atoms with Crippen molar-refractivity contribution < 1.29 is 14.3 Å². The van der Waals surface area contributed by atoms with E-state index in [9.17, 15) is 9.59 Å². The lowest BCUT2D eigenvalue weighted by atomic mass is 10.0. The van der Waals surface area contributed by atoms with Crippen LogP contribution in [0.2, 0.25) is 0 Å². The number of piperidine rings is 1. The quantitative estimate of drug-likeness (QED) is 0.748. The lowest BCUT2D eigenvalue weighted by Gasteiger charge is -2.34. The molecule has 0 aromatic heterocycles. The summed E-state index contributed by atoms with van der Waals surface area (Å²) in [6, 6.07) is 10.4. The van der Waals surface area contributed by atoms with E-state index in [0.717, 1.165) is 63.8 Å². The monoisotopic (exact) mass is 373 g/mol. The maximum absolute atomic E-state index is 12.4. The van der Waals surface area contributed by atoms with Gasteiger partial charge in [-0.25, -0.2) is 4.79 Å². The van der Waals surface area contributed by atoms with Gasteiger partial charge in [-0.2, -0.15) is 0 Å².